The quantitative estimate of drug-likeness (QED) is 0.872. The first-order valence-electron chi connectivity index (χ1n) is 5.50. The maximum Gasteiger partial charge on any atom is 0.252 e. The van der Waals surface area contributed by atoms with Gasteiger partial charge in [-0.1, -0.05) is 0 Å². The number of hydrogen-bond acceptors (Lipinski definition) is 2. The van der Waals surface area contributed by atoms with Gasteiger partial charge in [0.25, 0.3) is 5.92 Å². The zero-order chi connectivity index (χ0) is 13.3. The SMILES string of the molecule is O=C(Cc1cc(O)ccc1F)NC1CC(F)(F)C1. The Morgan fingerprint density at radius 3 is 2.72 bits per heavy atom. The number of aromatic hydroxyl groups is 1. The second-order valence-electron chi connectivity index (χ2n) is 4.48. The Hall–Kier alpha value is -1.72. The molecule has 0 atom stereocenters. The van der Waals surface area contributed by atoms with Crippen LogP contribution in [0.5, 0.6) is 5.75 Å². The van der Waals surface area contributed by atoms with Crippen LogP contribution >= 0.6 is 0 Å². The summed E-state index contributed by atoms with van der Waals surface area (Å²) in [5.74, 6) is -3.98. The van der Waals surface area contributed by atoms with Crippen molar-refractivity contribution in [1.29, 1.82) is 0 Å². The second kappa shape index (κ2) is 4.51. The molecule has 3 nitrogen and oxygen atoms in total. The van der Waals surface area contributed by atoms with E-state index in [9.17, 15) is 18.0 Å². The molecule has 1 aliphatic rings. The van der Waals surface area contributed by atoms with E-state index >= 15 is 0 Å². The molecule has 18 heavy (non-hydrogen) atoms. The standard InChI is InChI=1S/C12H12F3NO2/c13-10-2-1-9(17)3-7(10)4-11(18)16-8-5-12(14,15)6-8/h1-3,8,17H,4-6H2,(H,16,18). The van der Waals surface area contributed by atoms with Gasteiger partial charge in [0.05, 0.1) is 6.42 Å². The van der Waals surface area contributed by atoms with Crippen LogP contribution in [-0.2, 0) is 11.2 Å². The maximum absolute atomic E-state index is 13.3. The van der Waals surface area contributed by atoms with Crippen molar-refractivity contribution >= 4 is 5.91 Å². The van der Waals surface area contributed by atoms with Crippen molar-refractivity contribution in [1.82, 2.24) is 5.32 Å². The normalized spacial score (nSPS) is 18.2. The van der Waals surface area contributed by atoms with E-state index in [1.165, 1.54) is 6.07 Å². The molecule has 0 saturated heterocycles. The lowest BCUT2D eigenvalue weighted by Gasteiger charge is -2.35. The fourth-order valence-electron chi connectivity index (χ4n) is 1.91. The minimum absolute atomic E-state index is 0.0404. The number of halogens is 3. The van der Waals surface area contributed by atoms with Crippen LogP contribution in [0.25, 0.3) is 0 Å². The van der Waals surface area contributed by atoms with E-state index in [2.05, 4.69) is 5.32 Å². The summed E-state index contributed by atoms with van der Waals surface area (Å²) in [6, 6.07) is 2.82. The highest BCUT2D eigenvalue weighted by Gasteiger charge is 2.45. The van der Waals surface area contributed by atoms with Crippen LogP contribution < -0.4 is 5.32 Å². The van der Waals surface area contributed by atoms with Crippen molar-refractivity contribution in [3.8, 4) is 5.75 Å². The molecule has 98 valence electrons. The van der Waals surface area contributed by atoms with Gasteiger partial charge in [-0.05, 0) is 18.2 Å². The lowest BCUT2D eigenvalue weighted by atomic mass is 9.88. The highest BCUT2D eigenvalue weighted by Crippen LogP contribution is 2.37. The first kappa shape index (κ1) is 12.7. The van der Waals surface area contributed by atoms with E-state index in [1.54, 1.807) is 0 Å². The molecule has 0 spiro atoms. The zero-order valence-electron chi connectivity index (χ0n) is 9.42. The molecule has 1 amide bonds. The summed E-state index contributed by atoms with van der Waals surface area (Å²) in [4.78, 5) is 11.5. The van der Waals surface area contributed by atoms with E-state index in [0.29, 0.717) is 0 Å². The number of carbonyl (C=O) groups excluding carboxylic acids is 1. The number of benzene rings is 1. The molecule has 1 aromatic rings. The average Bonchev–Trinajstić information content (AvgIpc) is 2.20. The maximum atomic E-state index is 13.3. The Morgan fingerprint density at radius 1 is 1.44 bits per heavy atom. The second-order valence-corrected chi connectivity index (χ2v) is 4.48. The van der Waals surface area contributed by atoms with Gasteiger partial charge in [0, 0.05) is 24.4 Å². The smallest absolute Gasteiger partial charge is 0.252 e. The van der Waals surface area contributed by atoms with Gasteiger partial charge in [-0.15, -0.1) is 0 Å². The van der Waals surface area contributed by atoms with E-state index in [0.717, 1.165) is 12.1 Å². The topological polar surface area (TPSA) is 49.3 Å². The minimum atomic E-state index is -2.70. The average molecular weight is 259 g/mol. The molecule has 1 saturated carbocycles. The van der Waals surface area contributed by atoms with Crippen molar-refractivity contribution in [3.63, 3.8) is 0 Å². The number of amides is 1. The van der Waals surface area contributed by atoms with Crippen LogP contribution in [0.15, 0.2) is 18.2 Å². The third kappa shape index (κ3) is 2.94. The summed E-state index contributed by atoms with van der Waals surface area (Å²) in [6.07, 6.45) is -1.02. The molecule has 1 aromatic carbocycles. The predicted molar refractivity (Wildman–Crippen MR) is 57.9 cm³/mol. The fourth-order valence-corrected chi connectivity index (χ4v) is 1.91. The summed E-state index contributed by atoms with van der Waals surface area (Å²) in [5.41, 5.74) is 0.0404. The zero-order valence-corrected chi connectivity index (χ0v) is 9.42. The van der Waals surface area contributed by atoms with Gasteiger partial charge < -0.3 is 10.4 Å². The Morgan fingerprint density at radius 2 is 2.11 bits per heavy atom. The molecular weight excluding hydrogens is 247 g/mol. The Bertz CT molecular complexity index is 468. The summed E-state index contributed by atoms with van der Waals surface area (Å²) in [7, 11) is 0. The number of alkyl halides is 2. The van der Waals surface area contributed by atoms with Gasteiger partial charge in [0.1, 0.15) is 11.6 Å². The summed E-state index contributed by atoms with van der Waals surface area (Å²) in [6.45, 7) is 0. The highest BCUT2D eigenvalue weighted by atomic mass is 19.3. The van der Waals surface area contributed by atoms with Gasteiger partial charge in [-0.25, -0.2) is 13.2 Å². The largest absolute Gasteiger partial charge is 0.508 e. The van der Waals surface area contributed by atoms with Crippen molar-refractivity contribution in [3.05, 3.63) is 29.6 Å². The summed E-state index contributed by atoms with van der Waals surface area (Å²) in [5, 5.41) is 11.6. The van der Waals surface area contributed by atoms with Crippen LogP contribution in [0.4, 0.5) is 13.2 Å². The lowest BCUT2D eigenvalue weighted by molar-refractivity contribution is -0.128. The molecule has 0 unspecified atom stereocenters. The van der Waals surface area contributed by atoms with Gasteiger partial charge >= 0.3 is 0 Å². The van der Waals surface area contributed by atoms with Gasteiger partial charge in [0.2, 0.25) is 5.91 Å². The minimum Gasteiger partial charge on any atom is -0.508 e. The molecular formula is C12H12F3NO2. The van der Waals surface area contributed by atoms with Crippen LogP contribution in [0, 0.1) is 5.82 Å². The van der Waals surface area contributed by atoms with Crippen LogP contribution in [0.1, 0.15) is 18.4 Å². The molecule has 2 N–H and O–H groups in total. The van der Waals surface area contributed by atoms with Crippen molar-refractivity contribution in [2.24, 2.45) is 0 Å². The summed E-state index contributed by atoms with van der Waals surface area (Å²) >= 11 is 0. The number of hydrogen-bond donors (Lipinski definition) is 2. The fraction of sp³-hybridized carbons (Fsp3) is 0.417. The third-order valence-corrected chi connectivity index (χ3v) is 2.84. The number of phenols is 1. The van der Waals surface area contributed by atoms with Crippen LogP contribution in [0.2, 0.25) is 0 Å². The monoisotopic (exact) mass is 259 g/mol. The molecule has 0 heterocycles. The van der Waals surface area contributed by atoms with E-state index in [4.69, 9.17) is 5.11 Å². The Labute approximate surface area is 102 Å². The van der Waals surface area contributed by atoms with Crippen LogP contribution in [-0.4, -0.2) is 23.0 Å². The molecule has 6 heteroatoms. The summed E-state index contributed by atoms with van der Waals surface area (Å²) < 4.78 is 38.4. The van der Waals surface area contributed by atoms with Gasteiger partial charge in [-0.2, -0.15) is 0 Å². The first-order valence-corrected chi connectivity index (χ1v) is 5.50. The van der Waals surface area contributed by atoms with Gasteiger partial charge in [-0.3, -0.25) is 4.79 Å². The van der Waals surface area contributed by atoms with Crippen molar-refractivity contribution in [2.75, 3.05) is 0 Å². The van der Waals surface area contributed by atoms with E-state index < -0.39 is 23.7 Å². The molecule has 0 aromatic heterocycles. The lowest BCUT2D eigenvalue weighted by Crippen LogP contribution is -2.50. The number of carbonyl (C=O) groups is 1. The molecule has 2 rings (SSSR count). The van der Waals surface area contributed by atoms with E-state index in [1.807, 2.05) is 0 Å². The molecule has 0 radical (unpaired) electrons. The molecule has 0 bridgehead atoms. The molecule has 1 aliphatic carbocycles. The van der Waals surface area contributed by atoms with Crippen molar-refractivity contribution in [2.45, 2.75) is 31.2 Å². The molecule has 0 aliphatic heterocycles. The number of phenolic OH excluding ortho intramolecular Hbond substituents is 1. The van der Waals surface area contributed by atoms with Crippen LogP contribution in [0.3, 0.4) is 0 Å². The number of rotatable bonds is 3. The molecule has 1 fully saturated rings. The predicted octanol–water partition coefficient (Wildman–Crippen LogP) is 1.99. The first-order chi connectivity index (χ1) is 8.35. The van der Waals surface area contributed by atoms with Gasteiger partial charge in [0.15, 0.2) is 0 Å². The van der Waals surface area contributed by atoms with Crippen molar-refractivity contribution < 1.29 is 23.1 Å². The Balaban J connectivity index is 1.90. The third-order valence-electron chi connectivity index (χ3n) is 2.84. The highest BCUT2D eigenvalue weighted by molar-refractivity contribution is 5.79. The van der Waals surface area contributed by atoms with E-state index in [-0.39, 0.29) is 30.6 Å². The number of nitrogens with one attached hydrogen (secondary N) is 1. The Kier molecular flexibility index (Phi) is 3.19.